The van der Waals surface area contributed by atoms with Gasteiger partial charge in [0.15, 0.2) is 0 Å². The molecule has 5 aromatic rings. The second-order valence-electron chi connectivity index (χ2n) is 10.9. The first-order chi connectivity index (χ1) is 19.4. The average Bonchev–Trinajstić information content (AvgIpc) is 3.02. The molecule has 1 saturated carbocycles. The Kier molecular flexibility index (Phi) is 5.29. The van der Waals surface area contributed by atoms with Gasteiger partial charge < -0.3 is 0 Å². The first-order valence-corrected chi connectivity index (χ1v) is 14.2. The summed E-state index contributed by atoms with van der Waals surface area (Å²) < 4.78 is 0. The smallest absolute Gasteiger partial charge is 0.256 e. The molecule has 1 fully saturated rings. The highest BCUT2D eigenvalue weighted by Gasteiger charge is 2.45. The Morgan fingerprint density at radius 2 is 1.00 bits per heavy atom. The number of nitrogens with zero attached hydrogens (tertiary/aromatic N) is 4. The maximum Gasteiger partial charge on any atom is 0.256 e. The Labute approximate surface area is 230 Å². The van der Waals surface area contributed by atoms with Gasteiger partial charge >= 0.3 is 0 Å². The van der Waals surface area contributed by atoms with Gasteiger partial charge in [-0.05, 0) is 60.2 Å². The van der Waals surface area contributed by atoms with E-state index in [4.69, 9.17) is 9.97 Å². The van der Waals surface area contributed by atoms with Crippen LogP contribution in [0.15, 0.2) is 109 Å². The van der Waals surface area contributed by atoms with Crippen LogP contribution < -0.4 is 26.2 Å². The predicted molar refractivity (Wildman–Crippen MR) is 162 cm³/mol. The molecule has 0 N–H and O–H groups in total. The number of rotatable bonds is 3. The average molecular weight is 504 g/mol. The van der Waals surface area contributed by atoms with Gasteiger partial charge in [0.25, 0.3) is 6.71 Å². The molecule has 0 saturated heterocycles. The van der Waals surface area contributed by atoms with Crippen molar-refractivity contribution in [1.29, 1.82) is 0 Å². The molecule has 188 valence electrons. The summed E-state index contributed by atoms with van der Waals surface area (Å²) in [7, 11) is 0. The lowest BCUT2D eigenvalue weighted by Crippen LogP contribution is -2.62. The van der Waals surface area contributed by atoms with Crippen LogP contribution in [0.2, 0.25) is 0 Å². The number of para-hydroxylation sites is 4. The molecule has 0 bridgehead atoms. The van der Waals surface area contributed by atoms with Crippen molar-refractivity contribution in [3.05, 3.63) is 115 Å². The first-order valence-electron chi connectivity index (χ1n) is 14.2. The van der Waals surface area contributed by atoms with Gasteiger partial charge in [-0.1, -0.05) is 92.1 Å². The van der Waals surface area contributed by atoms with Gasteiger partial charge in [-0.25, -0.2) is 9.97 Å². The molecule has 1 aliphatic carbocycles. The van der Waals surface area contributed by atoms with Gasteiger partial charge in [-0.15, -0.1) is 0 Å². The highest BCUT2D eigenvalue weighted by Crippen LogP contribution is 2.43. The van der Waals surface area contributed by atoms with Crippen LogP contribution in [-0.4, -0.2) is 16.7 Å². The third-order valence-electron chi connectivity index (χ3n) is 8.61. The van der Waals surface area contributed by atoms with E-state index in [-0.39, 0.29) is 6.71 Å². The Balaban J connectivity index is 1.47. The van der Waals surface area contributed by atoms with E-state index in [1.54, 1.807) is 0 Å². The summed E-state index contributed by atoms with van der Waals surface area (Å²) >= 11 is 0. The topological polar surface area (TPSA) is 32.3 Å². The molecule has 3 heterocycles. The summed E-state index contributed by atoms with van der Waals surface area (Å²) in [5.74, 6) is 3.42. The lowest BCUT2D eigenvalue weighted by Gasteiger charge is -2.43. The summed E-state index contributed by atoms with van der Waals surface area (Å²) in [6.07, 6.45) is 6.12. The Hall–Kier alpha value is -4.38. The summed E-state index contributed by atoms with van der Waals surface area (Å²) in [6, 6.07) is 39.1. The minimum absolute atomic E-state index is 0.0720. The van der Waals surface area contributed by atoms with Crippen LogP contribution in [0.3, 0.4) is 0 Å². The molecule has 0 atom stereocenters. The summed E-state index contributed by atoms with van der Waals surface area (Å²) in [6.45, 7) is 0.0720. The monoisotopic (exact) mass is 504 g/mol. The van der Waals surface area contributed by atoms with Gasteiger partial charge in [-0.2, -0.15) is 0 Å². The molecule has 39 heavy (non-hydrogen) atoms. The summed E-state index contributed by atoms with van der Waals surface area (Å²) in [4.78, 5) is 15.7. The molecule has 0 spiro atoms. The van der Waals surface area contributed by atoms with Crippen LogP contribution >= 0.6 is 0 Å². The zero-order valence-electron chi connectivity index (χ0n) is 21.9. The maximum atomic E-state index is 5.48. The Morgan fingerprint density at radius 3 is 1.51 bits per heavy atom. The van der Waals surface area contributed by atoms with E-state index in [2.05, 4.69) is 119 Å². The largest absolute Gasteiger partial charge is 0.296 e. The van der Waals surface area contributed by atoms with E-state index in [9.17, 15) is 0 Å². The number of fused-ring (bicyclic) bond motifs is 4. The fourth-order valence-corrected chi connectivity index (χ4v) is 6.86. The van der Waals surface area contributed by atoms with Crippen LogP contribution in [0.5, 0.6) is 0 Å². The van der Waals surface area contributed by atoms with Crippen LogP contribution in [0, 0.1) is 0 Å². The van der Waals surface area contributed by atoms with Gasteiger partial charge in [-0.3, -0.25) is 9.80 Å². The van der Waals surface area contributed by atoms with Gasteiger partial charge in [0, 0.05) is 34.1 Å². The number of hydrogen-bond acceptors (Lipinski definition) is 4. The van der Waals surface area contributed by atoms with E-state index in [0.29, 0.717) is 5.92 Å². The molecule has 8 rings (SSSR count). The van der Waals surface area contributed by atoms with E-state index >= 15 is 0 Å². The van der Waals surface area contributed by atoms with Crippen molar-refractivity contribution in [2.24, 2.45) is 0 Å². The number of anilines is 6. The SMILES string of the molecule is c1ccc(N2c3ccccc3B3c4ccccc4N(c4ccccc4)c4nc(C5CCCCC5)nc2c43)cc1. The Morgan fingerprint density at radius 1 is 0.538 bits per heavy atom. The molecule has 5 heteroatoms. The third-order valence-corrected chi connectivity index (χ3v) is 8.61. The predicted octanol–water partition coefficient (Wildman–Crippen LogP) is 6.61. The molecule has 4 aromatic carbocycles. The van der Waals surface area contributed by atoms with Gasteiger partial charge in [0.05, 0.1) is 0 Å². The van der Waals surface area contributed by atoms with Crippen molar-refractivity contribution in [2.75, 3.05) is 9.80 Å². The number of benzene rings is 4. The lowest BCUT2D eigenvalue weighted by molar-refractivity contribution is 0.429. The van der Waals surface area contributed by atoms with E-state index in [0.717, 1.165) is 41.7 Å². The van der Waals surface area contributed by atoms with Gasteiger partial charge in [0.1, 0.15) is 17.5 Å². The van der Waals surface area contributed by atoms with E-state index < -0.39 is 0 Å². The quantitative estimate of drug-likeness (QED) is 0.254. The summed E-state index contributed by atoms with van der Waals surface area (Å²) in [5.41, 5.74) is 8.44. The van der Waals surface area contributed by atoms with Crippen LogP contribution in [0.1, 0.15) is 43.8 Å². The van der Waals surface area contributed by atoms with E-state index in [1.165, 1.54) is 47.0 Å². The van der Waals surface area contributed by atoms with Crippen LogP contribution in [0.4, 0.5) is 34.4 Å². The lowest BCUT2D eigenvalue weighted by atomic mass is 9.34. The fraction of sp³-hybridized carbons (Fsp3) is 0.176. The molecule has 1 aromatic heterocycles. The maximum absolute atomic E-state index is 5.48. The molecular weight excluding hydrogens is 475 g/mol. The van der Waals surface area contributed by atoms with Crippen molar-refractivity contribution >= 4 is 57.5 Å². The van der Waals surface area contributed by atoms with Crippen molar-refractivity contribution in [3.8, 4) is 0 Å². The second kappa shape index (κ2) is 9.13. The van der Waals surface area contributed by atoms with Crippen LogP contribution in [0.25, 0.3) is 0 Å². The minimum Gasteiger partial charge on any atom is -0.296 e. The third kappa shape index (κ3) is 3.53. The van der Waals surface area contributed by atoms with Crippen molar-refractivity contribution in [2.45, 2.75) is 38.0 Å². The first kappa shape index (κ1) is 22.6. The van der Waals surface area contributed by atoms with Gasteiger partial charge in [0.2, 0.25) is 0 Å². The van der Waals surface area contributed by atoms with Crippen molar-refractivity contribution < 1.29 is 0 Å². The molecule has 2 aliphatic heterocycles. The molecule has 3 aliphatic rings. The molecule has 0 radical (unpaired) electrons. The molecule has 4 nitrogen and oxygen atoms in total. The molecule has 0 amide bonds. The normalized spacial score (nSPS) is 15.9. The highest BCUT2D eigenvalue weighted by molar-refractivity contribution is 7.00. The van der Waals surface area contributed by atoms with Crippen molar-refractivity contribution in [3.63, 3.8) is 0 Å². The van der Waals surface area contributed by atoms with E-state index in [1.807, 2.05) is 0 Å². The highest BCUT2D eigenvalue weighted by atomic mass is 15.3. The minimum atomic E-state index is 0.0720. The summed E-state index contributed by atoms with van der Waals surface area (Å²) in [5, 5.41) is 0. The standard InChI is InChI=1S/C34H29BN4/c1-4-14-24(15-5-1)32-36-33-31-34(37-32)39(26-18-8-3-9-19-26)30-23-13-11-21-28(30)35(31)27-20-10-12-22-29(27)38(33)25-16-6-2-7-17-25/h2-3,6-13,16-24H,1,4-5,14-15H2. The van der Waals surface area contributed by atoms with Crippen molar-refractivity contribution in [1.82, 2.24) is 9.97 Å². The zero-order chi connectivity index (χ0) is 25.8. The number of aromatic nitrogens is 2. The zero-order valence-corrected chi connectivity index (χ0v) is 21.9. The second-order valence-corrected chi connectivity index (χ2v) is 10.9. The molecule has 0 unspecified atom stereocenters. The Bertz CT molecular complexity index is 1550. The fourth-order valence-electron chi connectivity index (χ4n) is 6.86. The van der Waals surface area contributed by atoms with Crippen LogP contribution in [-0.2, 0) is 0 Å². The molecular formula is C34H29BN4. The number of hydrogen-bond donors (Lipinski definition) is 0.